The molecule has 0 aromatic heterocycles. The number of carbonyl (C=O) groups is 2. The summed E-state index contributed by atoms with van der Waals surface area (Å²) >= 11 is 0. The van der Waals surface area contributed by atoms with E-state index in [1.807, 2.05) is 45.9 Å². The van der Waals surface area contributed by atoms with Crippen molar-refractivity contribution in [3.8, 4) is 0 Å². The van der Waals surface area contributed by atoms with Gasteiger partial charge in [-0.15, -0.1) is 0 Å². The van der Waals surface area contributed by atoms with E-state index in [4.69, 9.17) is 0 Å². The third-order valence-corrected chi connectivity index (χ3v) is 5.89. The standard InChI is InChI=1S/C25H34N4O2/c1-17(2)23(27-24(30)20-8-6-18(3)7-9-20)25(31)26-22-11-10-21(16-19(22)4)29-14-12-28(5)13-15-29/h6-11,16-17,23H,12-15H2,1-5H3,(H,26,31)(H,27,30)/t23-/m1/s1. The Morgan fingerprint density at radius 2 is 1.58 bits per heavy atom. The van der Waals surface area contributed by atoms with E-state index in [9.17, 15) is 9.59 Å². The number of hydrogen-bond donors (Lipinski definition) is 2. The summed E-state index contributed by atoms with van der Waals surface area (Å²) in [5.41, 5.74) is 4.61. The van der Waals surface area contributed by atoms with Crippen LogP contribution >= 0.6 is 0 Å². The van der Waals surface area contributed by atoms with Gasteiger partial charge in [0.05, 0.1) is 0 Å². The number of nitrogens with zero attached hydrogens (tertiary/aromatic N) is 2. The predicted octanol–water partition coefficient (Wildman–Crippen LogP) is 3.45. The van der Waals surface area contributed by atoms with Crippen molar-refractivity contribution in [1.29, 1.82) is 0 Å². The summed E-state index contributed by atoms with van der Waals surface area (Å²) in [6, 6.07) is 12.9. The lowest BCUT2D eigenvalue weighted by Crippen LogP contribution is -2.47. The Hall–Kier alpha value is -2.86. The zero-order chi connectivity index (χ0) is 22.5. The van der Waals surface area contributed by atoms with Gasteiger partial charge in [-0.2, -0.15) is 0 Å². The van der Waals surface area contributed by atoms with Crippen LogP contribution in [0.3, 0.4) is 0 Å². The minimum atomic E-state index is -0.620. The number of piperazine rings is 1. The third kappa shape index (κ3) is 5.85. The number of nitrogens with one attached hydrogen (secondary N) is 2. The summed E-state index contributed by atoms with van der Waals surface area (Å²) in [4.78, 5) is 30.3. The Morgan fingerprint density at radius 1 is 0.935 bits per heavy atom. The van der Waals surface area contributed by atoms with E-state index in [0.29, 0.717) is 5.56 Å². The molecule has 1 aliphatic heterocycles. The summed E-state index contributed by atoms with van der Waals surface area (Å²) in [6.45, 7) is 12.0. The number of hydrogen-bond acceptors (Lipinski definition) is 4. The molecule has 3 rings (SSSR count). The number of amides is 2. The molecule has 2 N–H and O–H groups in total. The van der Waals surface area contributed by atoms with Crippen molar-refractivity contribution in [1.82, 2.24) is 10.2 Å². The Kier molecular flexibility index (Phi) is 7.33. The highest BCUT2D eigenvalue weighted by Gasteiger charge is 2.25. The fourth-order valence-corrected chi connectivity index (χ4v) is 3.72. The average Bonchev–Trinajstić information content (AvgIpc) is 2.74. The van der Waals surface area contributed by atoms with Crippen molar-refractivity contribution in [3.05, 3.63) is 59.2 Å². The zero-order valence-corrected chi connectivity index (χ0v) is 19.2. The van der Waals surface area contributed by atoms with Gasteiger partial charge in [0.15, 0.2) is 0 Å². The van der Waals surface area contributed by atoms with Gasteiger partial charge in [-0.1, -0.05) is 31.5 Å². The fraction of sp³-hybridized carbons (Fsp3) is 0.440. The first kappa shape index (κ1) is 22.8. The molecular formula is C25H34N4O2. The molecule has 2 aromatic carbocycles. The first-order valence-electron chi connectivity index (χ1n) is 11.0. The molecule has 2 aromatic rings. The second kappa shape index (κ2) is 9.96. The number of aryl methyl sites for hydroxylation is 2. The normalized spacial score (nSPS) is 15.6. The van der Waals surface area contributed by atoms with E-state index in [2.05, 4.69) is 39.6 Å². The van der Waals surface area contributed by atoms with Gasteiger partial charge in [-0.25, -0.2) is 0 Å². The van der Waals surface area contributed by atoms with Gasteiger partial charge >= 0.3 is 0 Å². The molecule has 6 nitrogen and oxygen atoms in total. The smallest absolute Gasteiger partial charge is 0.251 e. The lowest BCUT2D eigenvalue weighted by Gasteiger charge is -2.34. The summed E-state index contributed by atoms with van der Waals surface area (Å²) < 4.78 is 0. The number of likely N-dealkylation sites (N-methyl/N-ethyl adjacent to an activating group) is 1. The van der Waals surface area contributed by atoms with Gasteiger partial charge in [-0.05, 0) is 62.7 Å². The van der Waals surface area contributed by atoms with E-state index >= 15 is 0 Å². The monoisotopic (exact) mass is 422 g/mol. The van der Waals surface area contributed by atoms with Crippen molar-refractivity contribution >= 4 is 23.2 Å². The number of carbonyl (C=O) groups excluding carboxylic acids is 2. The van der Waals surface area contributed by atoms with Crippen molar-refractivity contribution in [2.75, 3.05) is 43.4 Å². The highest BCUT2D eigenvalue weighted by atomic mass is 16.2. The zero-order valence-electron chi connectivity index (χ0n) is 19.2. The molecule has 6 heteroatoms. The van der Waals surface area contributed by atoms with Crippen LogP contribution in [0.5, 0.6) is 0 Å². The van der Waals surface area contributed by atoms with Crippen LogP contribution in [0.25, 0.3) is 0 Å². The second-order valence-corrected chi connectivity index (χ2v) is 8.84. The highest BCUT2D eigenvalue weighted by Crippen LogP contribution is 2.24. The van der Waals surface area contributed by atoms with E-state index in [1.54, 1.807) is 12.1 Å². The van der Waals surface area contributed by atoms with Gasteiger partial charge in [0.2, 0.25) is 5.91 Å². The van der Waals surface area contributed by atoms with Crippen LogP contribution in [0.15, 0.2) is 42.5 Å². The molecule has 1 aliphatic rings. The summed E-state index contributed by atoms with van der Waals surface area (Å²) in [5.74, 6) is -0.485. The molecule has 1 heterocycles. The first-order chi connectivity index (χ1) is 14.7. The van der Waals surface area contributed by atoms with Gasteiger partial charge in [-0.3, -0.25) is 9.59 Å². The van der Waals surface area contributed by atoms with Crippen molar-refractivity contribution in [2.24, 2.45) is 5.92 Å². The number of rotatable bonds is 6. The van der Waals surface area contributed by atoms with Crippen LogP contribution in [0.4, 0.5) is 11.4 Å². The first-order valence-corrected chi connectivity index (χ1v) is 11.0. The van der Waals surface area contributed by atoms with E-state index in [1.165, 1.54) is 5.69 Å². The molecule has 2 amide bonds. The van der Waals surface area contributed by atoms with E-state index in [-0.39, 0.29) is 17.7 Å². The third-order valence-electron chi connectivity index (χ3n) is 5.89. The molecule has 0 saturated carbocycles. The van der Waals surface area contributed by atoms with Gasteiger partial charge in [0, 0.05) is 43.1 Å². The van der Waals surface area contributed by atoms with Crippen LogP contribution in [0.1, 0.15) is 35.3 Å². The van der Waals surface area contributed by atoms with Crippen molar-refractivity contribution in [2.45, 2.75) is 33.7 Å². The number of benzene rings is 2. The molecule has 0 aliphatic carbocycles. The Bertz CT molecular complexity index is 916. The molecule has 166 valence electrons. The van der Waals surface area contributed by atoms with Gasteiger partial charge in [0.25, 0.3) is 5.91 Å². The molecule has 0 unspecified atom stereocenters. The van der Waals surface area contributed by atoms with E-state index in [0.717, 1.165) is 43.0 Å². The molecule has 0 radical (unpaired) electrons. The molecule has 0 spiro atoms. The second-order valence-electron chi connectivity index (χ2n) is 8.84. The van der Waals surface area contributed by atoms with Crippen molar-refractivity contribution in [3.63, 3.8) is 0 Å². The SMILES string of the molecule is Cc1ccc(C(=O)N[C@@H](C(=O)Nc2ccc(N3CCN(C)CC3)cc2C)C(C)C)cc1. The maximum absolute atomic E-state index is 13.0. The Labute approximate surface area is 185 Å². The van der Waals surface area contributed by atoms with Crippen LogP contribution in [-0.4, -0.2) is 56.0 Å². The van der Waals surface area contributed by atoms with Crippen LogP contribution in [0.2, 0.25) is 0 Å². The van der Waals surface area contributed by atoms with E-state index < -0.39 is 6.04 Å². The maximum atomic E-state index is 13.0. The lowest BCUT2D eigenvalue weighted by atomic mass is 10.0. The molecule has 1 atom stereocenters. The summed E-state index contributed by atoms with van der Waals surface area (Å²) in [5, 5.41) is 5.91. The van der Waals surface area contributed by atoms with Crippen molar-refractivity contribution < 1.29 is 9.59 Å². The molecule has 0 bridgehead atoms. The Morgan fingerprint density at radius 3 is 2.16 bits per heavy atom. The predicted molar refractivity (Wildman–Crippen MR) is 127 cm³/mol. The molecule has 1 saturated heterocycles. The molecular weight excluding hydrogens is 388 g/mol. The Balaban J connectivity index is 1.67. The summed E-state index contributed by atoms with van der Waals surface area (Å²) in [7, 11) is 2.14. The highest BCUT2D eigenvalue weighted by molar-refractivity contribution is 6.01. The minimum absolute atomic E-state index is 0.0423. The van der Waals surface area contributed by atoms with Crippen LogP contribution in [-0.2, 0) is 4.79 Å². The molecule has 31 heavy (non-hydrogen) atoms. The average molecular weight is 423 g/mol. The van der Waals surface area contributed by atoms with Crippen LogP contribution in [0, 0.1) is 19.8 Å². The fourth-order valence-electron chi connectivity index (χ4n) is 3.72. The minimum Gasteiger partial charge on any atom is -0.369 e. The summed E-state index contributed by atoms with van der Waals surface area (Å²) in [6.07, 6.45) is 0. The van der Waals surface area contributed by atoms with Gasteiger partial charge < -0.3 is 20.4 Å². The maximum Gasteiger partial charge on any atom is 0.251 e. The largest absolute Gasteiger partial charge is 0.369 e. The topological polar surface area (TPSA) is 64.7 Å². The van der Waals surface area contributed by atoms with Gasteiger partial charge in [0.1, 0.15) is 6.04 Å². The quantitative estimate of drug-likeness (QED) is 0.748. The lowest BCUT2D eigenvalue weighted by molar-refractivity contribution is -0.118. The van der Waals surface area contributed by atoms with Crippen LogP contribution < -0.4 is 15.5 Å². The number of anilines is 2. The molecule has 1 fully saturated rings.